The number of fused-ring (bicyclic) bond motifs is 1. The summed E-state index contributed by atoms with van der Waals surface area (Å²) in [7, 11) is 0. The van der Waals surface area contributed by atoms with Gasteiger partial charge in [-0.15, -0.1) is 0 Å². The second kappa shape index (κ2) is 6.44. The number of urea groups is 1. The van der Waals surface area contributed by atoms with Gasteiger partial charge in [-0.3, -0.25) is 0 Å². The van der Waals surface area contributed by atoms with Crippen LogP contribution >= 0.6 is 11.3 Å². The maximum Gasteiger partial charge on any atom is 0.315 e. The minimum atomic E-state index is -1.09. The minimum Gasteiger partial charge on any atom is -0.459 e. The van der Waals surface area contributed by atoms with E-state index in [1.807, 2.05) is 47.2 Å². The first-order valence-electron chi connectivity index (χ1n) is 7.29. The third-order valence-electron chi connectivity index (χ3n) is 3.64. The van der Waals surface area contributed by atoms with Crippen molar-refractivity contribution in [1.29, 1.82) is 0 Å². The Labute approximate surface area is 137 Å². The van der Waals surface area contributed by atoms with Gasteiger partial charge in [-0.05, 0) is 41.4 Å². The smallest absolute Gasteiger partial charge is 0.315 e. The molecule has 6 heteroatoms. The van der Waals surface area contributed by atoms with Crippen LogP contribution in [0.4, 0.5) is 4.79 Å². The van der Waals surface area contributed by atoms with Crippen molar-refractivity contribution >= 4 is 28.3 Å². The van der Waals surface area contributed by atoms with Crippen molar-refractivity contribution in [3.63, 3.8) is 0 Å². The zero-order valence-electron chi connectivity index (χ0n) is 12.7. The molecule has 0 aliphatic carbocycles. The molecule has 120 valence electrons. The second-order valence-electron chi connectivity index (χ2n) is 5.57. The first kappa shape index (κ1) is 15.6. The molecule has 0 unspecified atom stereocenters. The normalized spacial score (nSPS) is 13.7. The number of aliphatic hydroxyl groups is 1. The average molecular weight is 330 g/mol. The molecule has 2 aromatic heterocycles. The van der Waals surface area contributed by atoms with Crippen LogP contribution in [0, 0.1) is 0 Å². The number of hydrogen-bond donors (Lipinski definition) is 3. The number of rotatable bonds is 5. The van der Waals surface area contributed by atoms with Crippen LogP contribution < -0.4 is 10.6 Å². The van der Waals surface area contributed by atoms with E-state index in [1.54, 1.807) is 6.92 Å². The fourth-order valence-corrected chi connectivity index (χ4v) is 3.06. The van der Waals surface area contributed by atoms with Crippen LogP contribution in [-0.4, -0.2) is 17.7 Å². The molecule has 0 saturated carbocycles. The Hall–Kier alpha value is -2.31. The highest BCUT2D eigenvalue weighted by Gasteiger charge is 2.24. The Bertz CT molecular complexity index is 760. The van der Waals surface area contributed by atoms with Crippen molar-refractivity contribution in [2.45, 2.75) is 19.1 Å². The van der Waals surface area contributed by atoms with Gasteiger partial charge in [0.1, 0.15) is 16.9 Å². The predicted molar refractivity (Wildman–Crippen MR) is 90.3 cm³/mol. The molecule has 0 bridgehead atoms. The van der Waals surface area contributed by atoms with E-state index in [0.29, 0.717) is 12.3 Å². The van der Waals surface area contributed by atoms with E-state index in [1.165, 1.54) is 11.3 Å². The highest BCUT2D eigenvalue weighted by molar-refractivity contribution is 7.08. The molecule has 3 N–H and O–H groups in total. The van der Waals surface area contributed by atoms with Crippen molar-refractivity contribution in [3.8, 4) is 0 Å². The molecular formula is C17H18N2O3S. The van der Waals surface area contributed by atoms with Crippen molar-refractivity contribution in [2.75, 3.05) is 6.54 Å². The van der Waals surface area contributed by atoms with Crippen LogP contribution in [0.1, 0.15) is 18.2 Å². The molecule has 23 heavy (non-hydrogen) atoms. The molecule has 3 aromatic rings. The molecule has 0 aliphatic rings. The number of thiophene rings is 1. The Kier molecular flexibility index (Phi) is 4.36. The first-order valence-corrected chi connectivity index (χ1v) is 8.23. The van der Waals surface area contributed by atoms with Crippen LogP contribution in [0.3, 0.4) is 0 Å². The number of amides is 2. The second-order valence-corrected chi connectivity index (χ2v) is 6.35. The minimum absolute atomic E-state index is 0.135. The fraction of sp³-hybridized carbons (Fsp3) is 0.235. The molecule has 1 atom stereocenters. The summed E-state index contributed by atoms with van der Waals surface area (Å²) in [6, 6.07) is 11.1. The largest absolute Gasteiger partial charge is 0.459 e. The lowest BCUT2D eigenvalue weighted by molar-refractivity contribution is 0.0598. The number of furan rings is 1. The van der Waals surface area contributed by atoms with Crippen molar-refractivity contribution in [3.05, 3.63) is 58.5 Å². The monoisotopic (exact) mass is 330 g/mol. The zero-order valence-corrected chi connectivity index (χ0v) is 13.5. The summed E-state index contributed by atoms with van der Waals surface area (Å²) in [6.07, 6.45) is 0. The highest BCUT2D eigenvalue weighted by atomic mass is 32.1. The van der Waals surface area contributed by atoms with Gasteiger partial charge >= 0.3 is 6.03 Å². The summed E-state index contributed by atoms with van der Waals surface area (Å²) in [5.41, 5.74) is 0.502. The molecule has 0 radical (unpaired) electrons. The van der Waals surface area contributed by atoms with Gasteiger partial charge in [0.05, 0.1) is 13.1 Å². The molecule has 0 saturated heterocycles. The quantitative estimate of drug-likeness (QED) is 0.672. The number of benzene rings is 1. The molecule has 0 aliphatic heterocycles. The highest BCUT2D eigenvalue weighted by Crippen LogP contribution is 2.22. The van der Waals surface area contributed by atoms with Crippen LogP contribution in [0.15, 0.2) is 51.6 Å². The lowest BCUT2D eigenvalue weighted by atomic mass is 9.99. The predicted octanol–water partition coefficient (Wildman–Crippen LogP) is 3.20. The molecule has 0 spiro atoms. The van der Waals surface area contributed by atoms with E-state index in [-0.39, 0.29) is 12.6 Å². The topological polar surface area (TPSA) is 74.5 Å². The maximum atomic E-state index is 11.9. The van der Waals surface area contributed by atoms with Gasteiger partial charge in [0.25, 0.3) is 0 Å². The van der Waals surface area contributed by atoms with Crippen LogP contribution in [-0.2, 0) is 12.1 Å². The van der Waals surface area contributed by atoms with E-state index in [0.717, 1.165) is 16.5 Å². The summed E-state index contributed by atoms with van der Waals surface area (Å²) < 4.78 is 5.63. The van der Waals surface area contributed by atoms with E-state index in [4.69, 9.17) is 4.42 Å². The summed E-state index contributed by atoms with van der Waals surface area (Å²) >= 11 is 1.51. The Morgan fingerprint density at radius 2 is 2.13 bits per heavy atom. The van der Waals surface area contributed by atoms with Gasteiger partial charge in [0.15, 0.2) is 0 Å². The zero-order chi connectivity index (χ0) is 16.3. The molecule has 2 amide bonds. The Balaban J connectivity index is 1.51. The molecule has 3 rings (SSSR count). The van der Waals surface area contributed by atoms with E-state index < -0.39 is 5.60 Å². The van der Waals surface area contributed by atoms with Gasteiger partial charge in [-0.25, -0.2) is 4.79 Å². The summed E-state index contributed by atoms with van der Waals surface area (Å²) in [5.74, 6) is 0.686. The number of nitrogens with one attached hydrogen (secondary N) is 2. The Morgan fingerprint density at radius 1 is 1.30 bits per heavy atom. The summed E-state index contributed by atoms with van der Waals surface area (Å²) in [4.78, 5) is 11.9. The summed E-state index contributed by atoms with van der Waals surface area (Å²) in [5, 5.41) is 20.5. The molecular weight excluding hydrogens is 312 g/mol. The SMILES string of the molecule is C[C@@](O)(CNC(=O)NCc1cc2ccccc2o1)c1ccsc1. The number of para-hydroxylation sites is 1. The van der Waals surface area contributed by atoms with Gasteiger partial charge < -0.3 is 20.2 Å². The van der Waals surface area contributed by atoms with Gasteiger partial charge in [0, 0.05) is 5.39 Å². The molecule has 1 aromatic carbocycles. The number of carbonyl (C=O) groups excluding carboxylic acids is 1. The average Bonchev–Trinajstić information content (AvgIpc) is 3.20. The Morgan fingerprint density at radius 3 is 2.87 bits per heavy atom. The van der Waals surface area contributed by atoms with Crippen molar-refractivity contribution in [1.82, 2.24) is 10.6 Å². The van der Waals surface area contributed by atoms with Crippen LogP contribution in [0.2, 0.25) is 0 Å². The van der Waals surface area contributed by atoms with Gasteiger partial charge in [0.2, 0.25) is 0 Å². The number of carbonyl (C=O) groups is 1. The fourth-order valence-electron chi connectivity index (χ4n) is 2.28. The third kappa shape index (κ3) is 3.72. The molecule has 5 nitrogen and oxygen atoms in total. The molecule has 2 heterocycles. The lowest BCUT2D eigenvalue weighted by Gasteiger charge is -2.22. The first-order chi connectivity index (χ1) is 11.0. The van der Waals surface area contributed by atoms with Gasteiger partial charge in [-0.2, -0.15) is 11.3 Å². The third-order valence-corrected chi connectivity index (χ3v) is 4.32. The van der Waals surface area contributed by atoms with E-state index >= 15 is 0 Å². The van der Waals surface area contributed by atoms with Crippen LogP contribution in [0.5, 0.6) is 0 Å². The van der Waals surface area contributed by atoms with Crippen LogP contribution in [0.25, 0.3) is 11.0 Å². The molecule has 0 fully saturated rings. The van der Waals surface area contributed by atoms with E-state index in [2.05, 4.69) is 10.6 Å². The van der Waals surface area contributed by atoms with Gasteiger partial charge in [-0.1, -0.05) is 18.2 Å². The standard InChI is InChI=1S/C17H18N2O3S/c1-17(21,13-6-7-23-10-13)11-19-16(20)18-9-14-8-12-4-2-3-5-15(12)22-14/h2-8,10,21H,9,11H2,1H3,(H2,18,19,20)/t17-/m1/s1. The van der Waals surface area contributed by atoms with Crippen molar-refractivity contribution < 1.29 is 14.3 Å². The summed E-state index contributed by atoms with van der Waals surface area (Å²) in [6.45, 7) is 2.10. The lowest BCUT2D eigenvalue weighted by Crippen LogP contribution is -2.43. The number of hydrogen-bond acceptors (Lipinski definition) is 4. The van der Waals surface area contributed by atoms with E-state index in [9.17, 15) is 9.90 Å². The van der Waals surface area contributed by atoms with Crippen molar-refractivity contribution in [2.24, 2.45) is 0 Å². The maximum absolute atomic E-state index is 11.9.